The maximum absolute atomic E-state index is 12.7. The average molecular weight is 345 g/mol. The Balaban J connectivity index is 1.52. The van der Waals surface area contributed by atoms with Gasteiger partial charge in [-0.3, -0.25) is 4.79 Å². The zero-order chi connectivity index (χ0) is 18.0. The predicted octanol–water partition coefficient (Wildman–Crippen LogP) is 3.66. The van der Waals surface area contributed by atoms with E-state index in [0.29, 0.717) is 5.69 Å². The van der Waals surface area contributed by atoms with E-state index in [0.717, 1.165) is 49.9 Å². The van der Waals surface area contributed by atoms with Crippen molar-refractivity contribution < 1.29 is 4.79 Å². The Morgan fingerprint density at radius 3 is 2.85 bits per heavy atom. The minimum Gasteiger partial charge on any atom is -0.345 e. The summed E-state index contributed by atoms with van der Waals surface area (Å²) in [5, 5.41) is 3.31. The van der Waals surface area contributed by atoms with Crippen LogP contribution in [0.5, 0.6) is 0 Å². The maximum atomic E-state index is 12.7. The van der Waals surface area contributed by atoms with Gasteiger partial charge in [0.1, 0.15) is 11.4 Å². The molecule has 2 aromatic rings. The van der Waals surface area contributed by atoms with Crippen LogP contribution in [-0.4, -0.2) is 21.4 Å². The van der Waals surface area contributed by atoms with Crippen molar-refractivity contribution in [3.05, 3.63) is 59.7 Å². The second-order valence-corrected chi connectivity index (χ2v) is 7.67. The Hall–Kier alpha value is -2.67. The molecule has 0 spiro atoms. The largest absolute Gasteiger partial charge is 0.345 e. The lowest BCUT2D eigenvalue weighted by atomic mass is 9.73. The number of carbonyl (C=O) groups excluding carboxylic acids is 1. The molecule has 2 aromatic heterocycles. The van der Waals surface area contributed by atoms with Crippen LogP contribution in [0.15, 0.2) is 42.6 Å². The Bertz CT molecular complexity index is 883. The second kappa shape index (κ2) is 6.57. The first-order valence-corrected chi connectivity index (χ1v) is 9.29. The number of hydrogen-bond acceptors (Lipinski definition) is 3. The summed E-state index contributed by atoms with van der Waals surface area (Å²) in [5.41, 5.74) is 2.04. The number of amides is 1. The van der Waals surface area contributed by atoms with Gasteiger partial charge in [-0.2, -0.15) is 0 Å². The fourth-order valence-electron chi connectivity index (χ4n) is 4.44. The van der Waals surface area contributed by atoms with E-state index < -0.39 is 0 Å². The van der Waals surface area contributed by atoms with Crippen LogP contribution in [0.2, 0.25) is 0 Å². The smallest absolute Gasteiger partial charge is 0.270 e. The summed E-state index contributed by atoms with van der Waals surface area (Å²) in [7, 11) is 0. The molecule has 2 fully saturated rings. The van der Waals surface area contributed by atoms with Crippen molar-refractivity contribution in [3.63, 3.8) is 0 Å². The molecule has 2 saturated carbocycles. The molecule has 0 aromatic carbocycles. The first-order valence-electron chi connectivity index (χ1n) is 9.29. The van der Waals surface area contributed by atoms with Gasteiger partial charge in [0.05, 0.1) is 0 Å². The number of aromatic nitrogens is 2. The van der Waals surface area contributed by atoms with Crippen LogP contribution in [-0.2, 0) is 0 Å². The van der Waals surface area contributed by atoms with Crippen LogP contribution in [0.25, 0.3) is 0 Å². The summed E-state index contributed by atoms with van der Waals surface area (Å²) < 4.78 is 0. The quantitative estimate of drug-likeness (QED) is 0.845. The number of hydrogen-bond donors (Lipinski definition) is 1. The number of fused-ring (bicyclic) bond motifs is 2. The molecule has 0 saturated heterocycles. The maximum Gasteiger partial charge on any atom is 0.270 e. The third-order valence-corrected chi connectivity index (χ3v) is 5.69. The lowest BCUT2D eigenvalue weighted by Gasteiger charge is -2.37. The Morgan fingerprint density at radius 1 is 1.12 bits per heavy atom. The monoisotopic (exact) mass is 345 g/mol. The third-order valence-electron chi connectivity index (χ3n) is 5.69. The lowest BCUT2D eigenvalue weighted by Crippen LogP contribution is -2.49. The van der Waals surface area contributed by atoms with Crippen molar-refractivity contribution >= 4 is 5.91 Å². The Kier molecular flexibility index (Phi) is 4.24. The van der Waals surface area contributed by atoms with Crippen molar-refractivity contribution in [2.24, 2.45) is 5.41 Å². The molecule has 2 aliphatic rings. The molecule has 1 amide bonds. The lowest BCUT2D eigenvalue weighted by molar-refractivity contribution is 0.0866. The molecule has 4 heteroatoms. The Morgan fingerprint density at radius 2 is 2.04 bits per heavy atom. The molecule has 2 heterocycles. The molecule has 2 aliphatic carbocycles. The summed E-state index contributed by atoms with van der Waals surface area (Å²) in [6.07, 6.45) is 7.95. The molecule has 4 nitrogen and oxygen atoms in total. The van der Waals surface area contributed by atoms with Gasteiger partial charge in [-0.15, -0.1) is 0 Å². The van der Waals surface area contributed by atoms with Gasteiger partial charge in [-0.25, -0.2) is 9.97 Å². The predicted molar refractivity (Wildman–Crippen MR) is 100 cm³/mol. The van der Waals surface area contributed by atoms with Crippen LogP contribution in [0.3, 0.4) is 0 Å². The highest BCUT2D eigenvalue weighted by Gasteiger charge is 2.51. The topological polar surface area (TPSA) is 54.9 Å². The normalized spacial score (nSPS) is 26.7. The van der Waals surface area contributed by atoms with Crippen molar-refractivity contribution in [2.45, 2.75) is 51.0 Å². The van der Waals surface area contributed by atoms with E-state index in [2.05, 4.69) is 27.1 Å². The van der Waals surface area contributed by atoms with Gasteiger partial charge in [0.15, 0.2) is 0 Å². The van der Waals surface area contributed by atoms with E-state index in [1.807, 2.05) is 37.3 Å². The van der Waals surface area contributed by atoms with E-state index >= 15 is 0 Å². The molecule has 4 rings (SSSR count). The van der Waals surface area contributed by atoms with Gasteiger partial charge in [0.2, 0.25) is 0 Å². The molecule has 132 valence electrons. The molecular formula is C22H23N3O. The highest BCUT2D eigenvalue weighted by atomic mass is 16.2. The number of rotatable bonds is 2. The van der Waals surface area contributed by atoms with Gasteiger partial charge >= 0.3 is 0 Å². The molecular weight excluding hydrogens is 322 g/mol. The van der Waals surface area contributed by atoms with Gasteiger partial charge in [-0.05, 0) is 75.6 Å². The van der Waals surface area contributed by atoms with Gasteiger partial charge in [0, 0.05) is 22.8 Å². The Labute approximate surface area is 154 Å². The van der Waals surface area contributed by atoms with E-state index in [-0.39, 0.29) is 16.9 Å². The highest BCUT2D eigenvalue weighted by Crippen LogP contribution is 2.53. The van der Waals surface area contributed by atoms with Gasteiger partial charge < -0.3 is 5.32 Å². The second-order valence-electron chi connectivity index (χ2n) is 7.67. The van der Waals surface area contributed by atoms with Crippen LogP contribution in [0.1, 0.15) is 60.4 Å². The standard InChI is InChI=1S/C22H23N3O/c1-17-6-4-8-19(24-17)20(26)25-22-11-5-10-21(16-22,13-14-22)12-9-18-7-2-3-15-23-18/h2-4,6-8,15H,5,10-11,13-14,16H2,1H3,(H,25,26)/t21-,22+/m0/s1. The highest BCUT2D eigenvalue weighted by molar-refractivity contribution is 5.92. The third kappa shape index (κ3) is 3.35. The first kappa shape index (κ1) is 16.8. The van der Waals surface area contributed by atoms with Crippen LogP contribution >= 0.6 is 0 Å². The van der Waals surface area contributed by atoms with Crippen molar-refractivity contribution in [3.8, 4) is 11.8 Å². The van der Waals surface area contributed by atoms with E-state index in [4.69, 9.17) is 0 Å². The van der Waals surface area contributed by atoms with Crippen LogP contribution in [0.4, 0.5) is 0 Å². The first-order chi connectivity index (χ1) is 12.6. The zero-order valence-corrected chi connectivity index (χ0v) is 15.1. The number of nitrogens with zero attached hydrogens (tertiary/aromatic N) is 2. The summed E-state index contributed by atoms with van der Waals surface area (Å²) in [4.78, 5) is 21.4. The fourth-order valence-corrected chi connectivity index (χ4v) is 4.44. The van der Waals surface area contributed by atoms with Crippen molar-refractivity contribution in [2.75, 3.05) is 0 Å². The number of aryl methyl sites for hydroxylation is 1. The molecule has 0 unspecified atom stereocenters. The van der Waals surface area contributed by atoms with Crippen molar-refractivity contribution in [1.29, 1.82) is 0 Å². The van der Waals surface area contributed by atoms with E-state index in [1.165, 1.54) is 0 Å². The fraction of sp³-hybridized carbons (Fsp3) is 0.409. The number of pyridine rings is 2. The summed E-state index contributed by atoms with van der Waals surface area (Å²) in [6, 6.07) is 11.4. The molecule has 2 atom stereocenters. The van der Waals surface area contributed by atoms with Crippen LogP contribution in [0, 0.1) is 24.2 Å². The van der Waals surface area contributed by atoms with E-state index in [1.54, 1.807) is 12.3 Å². The minimum absolute atomic E-state index is 0.00306. The number of nitrogens with one attached hydrogen (secondary N) is 1. The average Bonchev–Trinajstić information content (AvgIpc) is 2.91. The van der Waals surface area contributed by atoms with E-state index in [9.17, 15) is 4.79 Å². The number of carbonyl (C=O) groups is 1. The molecule has 1 N–H and O–H groups in total. The molecule has 0 radical (unpaired) electrons. The van der Waals surface area contributed by atoms with Gasteiger partial charge in [0.25, 0.3) is 5.91 Å². The molecule has 2 bridgehead atoms. The summed E-state index contributed by atoms with van der Waals surface area (Å²) in [5.74, 6) is 6.70. The molecule has 26 heavy (non-hydrogen) atoms. The molecule has 0 aliphatic heterocycles. The SMILES string of the molecule is Cc1cccc(C(=O)N[C@]23CCC[C@](C#Cc4ccccn4)(CC2)C3)n1. The summed E-state index contributed by atoms with van der Waals surface area (Å²) >= 11 is 0. The minimum atomic E-state index is -0.139. The zero-order valence-electron chi connectivity index (χ0n) is 15.1. The summed E-state index contributed by atoms with van der Waals surface area (Å²) in [6.45, 7) is 1.91. The van der Waals surface area contributed by atoms with Crippen molar-refractivity contribution in [1.82, 2.24) is 15.3 Å². The van der Waals surface area contributed by atoms with Gasteiger partial charge in [-0.1, -0.05) is 18.1 Å². The van der Waals surface area contributed by atoms with Crippen LogP contribution < -0.4 is 5.32 Å².